The average molecular weight is 1710 g/mol. The van der Waals surface area contributed by atoms with Crippen molar-refractivity contribution in [3.8, 4) is 0 Å². The van der Waals surface area contributed by atoms with Crippen LogP contribution < -0.4 is 15.1 Å². The minimum absolute atomic E-state index is 0.0711. The van der Waals surface area contributed by atoms with E-state index >= 15 is 0 Å². The molecule has 0 saturated carbocycles. The number of unbranched alkanes of at least 4 members (excludes halogenated alkanes) is 2. The molecule has 4 rings (SSSR count). The first-order valence-electron chi connectivity index (χ1n) is 40.7. The van der Waals surface area contributed by atoms with Crippen molar-refractivity contribution in [2.24, 2.45) is 0 Å². The molecule has 2 N–H and O–H groups in total. The molecular weight excluding hydrogens is 1570 g/mol. The van der Waals surface area contributed by atoms with E-state index in [2.05, 4.69) is 56.9 Å². The Morgan fingerprint density at radius 3 is 1.25 bits per heavy atom. The highest BCUT2D eigenvalue weighted by Crippen LogP contribution is 2.51. The molecule has 1 atom stereocenters. The molecule has 0 spiro atoms. The van der Waals surface area contributed by atoms with Crippen LogP contribution in [0.1, 0.15) is 84.8 Å². The number of fused-ring (bicyclic) bond motifs is 2. The summed E-state index contributed by atoms with van der Waals surface area (Å²) < 4.78 is 154. The summed E-state index contributed by atoms with van der Waals surface area (Å²) in [6.07, 6.45) is 12.3. The Hall–Kier alpha value is -4.44. The lowest BCUT2D eigenvalue weighted by Crippen LogP contribution is -3.11. The molecule has 2 aliphatic rings. The average Bonchev–Trinajstić information content (AvgIpc) is 1.59. The normalized spacial score (nSPS) is 14.9. The van der Waals surface area contributed by atoms with Gasteiger partial charge in [0.1, 0.15) is 23.3 Å². The minimum Gasteiger partial charge on any atom is -0.744 e. The Kier molecular flexibility index (Phi) is 68.9. The number of carbonyl (C=O) groups is 1. The molecule has 117 heavy (non-hydrogen) atoms. The van der Waals surface area contributed by atoms with Crippen LogP contribution in [0.15, 0.2) is 95.4 Å². The second-order valence-electron chi connectivity index (χ2n) is 26.4. The highest BCUT2D eigenvalue weighted by molar-refractivity contribution is 7.94. The number of carboxylic acids is 1. The summed E-state index contributed by atoms with van der Waals surface area (Å²) in [6, 6.07) is 10.2. The quantitative estimate of drug-likeness (QED) is 0.0107. The van der Waals surface area contributed by atoms with Gasteiger partial charge in [-0.25, -0.2) is 18.2 Å². The zero-order valence-corrected chi connectivity index (χ0v) is 72.8. The van der Waals surface area contributed by atoms with Gasteiger partial charge >= 0.3 is 5.97 Å². The Bertz CT molecular complexity index is 2970. The van der Waals surface area contributed by atoms with E-state index in [4.69, 9.17) is 109 Å². The van der Waals surface area contributed by atoms with Crippen molar-refractivity contribution < 1.29 is 151 Å². The second-order valence-corrected chi connectivity index (χ2v) is 28.5. The van der Waals surface area contributed by atoms with E-state index in [0.29, 0.717) is 299 Å². The molecule has 2 aliphatic heterocycles. The standard InChI is InChI=1S/C74H122N2O30S2.C6H15N.C2H4/c1-73(2)66-63-65(108(80,81)82)16-18-68(66)76(21-23-103-104-61-60-102-59-58-101-57-56-100-55-54-99-53-49-96-45-43-93-39-37-90-33-31-87-27-25-84-5)70(73)12-8-6-9-13-71-74(3,67-62-64(107-106-105-79)15-17-69(67)75(71)20-11-7-10-14-72(77)78)19-22-85-28-29-88-34-35-91-40-41-94-46-47-97-51-52-98-50-48-95-44-42-92-38-36-89-32-30-86-26-24-83-4;1-4-7(5-2)6-3;1-2/h6,8-9,12-13,15-18,62-63H,7,10-11,14,19-61H2,1-5H3,(H2-,77,78,79,80,81,82);4-6H2,1-3H3;1-2H2. The number of methoxy groups -OCH3 is 2. The van der Waals surface area contributed by atoms with E-state index in [1.807, 2.05) is 60.9 Å². The number of carboxylic acid groups (broad SMARTS) is 1. The van der Waals surface area contributed by atoms with Crippen molar-refractivity contribution in [2.45, 2.75) is 94.3 Å². The van der Waals surface area contributed by atoms with Crippen LogP contribution in [0.3, 0.4) is 0 Å². The predicted molar refractivity (Wildman–Crippen MR) is 438 cm³/mol. The third-order valence-corrected chi connectivity index (χ3v) is 19.3. The van der Waals surface area contributed by atoms with Gasteiger partial charge in [0.15, 0.2) is 12.3 Å². The van der Waals surface area contributed by atoms with Gasteiger partial charge in [0.25, 0.3) is 0 Å². The number of allylic oxidation sites excluding steroid dienone is 6. The van der Waals surface area contributed by atoms with Gasteiger partial charge in [-0.1, -0.05) is 24.6 Å². The molecule has 35 heteroatoms. The zero-order chi connectivity index (χ0) is 85.2. The number of anilines is 1. The number of hydrogen-bond acceptors (Lipinski definition) is 31. The van der Waals surface area contributed by atoms with Crippen LogP contribution >= 0.6 is 12.0 Å². The van der Waals surface area contributed by atoms with Gasteiger partial charge < -0.3 is 119 Å². The maximum atomic E-state index is 12.3. The number of nitrogens with one attached hydrogen (secondary N) is 1. The van der Waals surface area contributed by atoms with E-state index in [0.717, 1.165) is 34.7 Å². The molecule has 676 valence electrons. The summed E-state index contributed by atoms with van der Waals surface area (Å²) in [4.78, 5) is 26.7. The van der Waals surface area contributed by atoms with Gasteiger partial charge in [0.2, 0.25) is 5.69 Å². The van der Waals surface area contributed by atoms with Crippen molar-refractivity contribution in [2.75, 3.05) is 316 Å². The number of hydrogen-bond donors (Lipinski definition) is 2. The monoisotopic (exact) mass is 1710 g/mol. The van der Waals surface area contributed by atoms with Gasteiger partial charge in [-0.2, -0.15) is 8.91 Å². The fraction of sp³-hybridized carbons (Fsp3) is 0.732. The van der Waals surface area contributed by atoms with Crippen LogP contribution in [0.5, 0.6) is 0 Å². The largest absolute Gasteiger partial charge is 0.744 e. The molecule has 0 fully saturated rings. The molecule has 0 bridgehead atoms. The Labute approximate surface area is 700 Å². The molecule has 2 aromatic rings. The lowest BCUT2D eigenvalue weighted by molar-refractivity contribution is -0.894. The first-order chi connectivity index (χ1) is 57.1. The Balaban J connectivity index is 0.00000488. The molecular formula is C82H141N3O30S2. The van der Waals surface area contributed by atoms with Crippen LogP contribution in [-0.2, 0) is 140 Å². The van der Waals surface area contributed by atoms with Crippen LogP contribution in [-0.4, -0.2) is 346 Å². The smallest absolute Gasteiger partial charge is 0.303 e. The topological polar surface area (TPSA) is 350 Å². The summed E-state index contributed by atoms with van der Waals surface area (Å²) >= 11 is 0.802. The molecule has 0 amide bonds. The van der Waals surface area contributed by atoms with Crippen LogP contribution in [0, 0.1) is 0 Å². The summed E-state index contributed by atoms with van der Waals surface area (Å²) in [6.45, 7) is 40.7. The molecule has 0 aromatic heterocycles. The number of nitrogens with zero attached hydrogens (tertiary/aromatic N) is 2. The van der Waals surface area contributed by atoms with E-state index in [9.17, 15) is 28.1 Å². The van der Waals surface area contributed by atoms with E-state index in [1.165, 1.54) is 31.8 Å². The molecule has 33 nitrogen and oxygen atoms in total. The van der Waals surface area contributed by atoms with Gasteiger partial charge in [-0.3, -0.25) is 9.83 Å². The SMILES string of the molecule is C=C.CC[NH+](CC)CC.COCCOCCOCCOCCOCCOCCOCCOCCOCCOCCOCCC1(C)C(=CC=CC=CC2=[N+](CCOOCCOCCOCCOCCOCCOCCOCCOCCOCCOC)c3ccc(S(=O)(=O)[O-])cc3C2(C)C)N(CCCCCC(=O)O)c2ccc(SOO[O-])cc21. The molecule has 0 saturated heterocycles. The van der Waals surface area contributed by atoms with Crippen molar-refractivity contribution >= 4 is 45.2 Å². The molecule has 0 aliphatic carbocycles. The first-order valence-corrected chi connectivity index (χ1v) is 42.8. The summed E-state index contributed by atoms with van der Waals surface area (Å²) in [7, 11) is -1.49. The van der Waals surface area contributed by atoms with Crippen molar-refractivity contribution in [1.82, 2.24) is 0 Å². The predicted octanol–water partition coefficient (Wildman–Crippen LogP) is 6.28. The van der Waals surface area contributed by atoms with Crippen LogP contribution in [0.2, 0.25) is 0 Å². The lowest BCUT2D eigenvalue weighted by Gasteiger charge is -2.30. The Morgan fingerprint density at radius 1 is 0.496 bits per heavy atom. The van der Waals surface area contributed by atoms with Crippen molar-refractivity contribution in [1.29, 1.82) is 0 Å². The van der Waals surface area contributed by atoms with Gasteiger partial charge in [-0.15, -0.1) is 13.2 Å². The van der Waals surface area contributed by atoms with Crippen molar-refractivity contribution in [3.63, 3.8) is 0 Å². The van der Waals surface area contributed by atoms with E-state index in [1.54, 1.807) is 25.2 Å². The maximum Gasteiger partial charge on any atom is 0.303 e. The second kappa shape index (κ2) is 74.2. The Morgan fingerprint density at radius 2 is 0.880 bits per heavy atom. The van der Waals surface area contributed by atoms with Crippen molar-refractivity contribution in [3.05, 3.63) is 96.8 Å². The fourth-order valence-electron chi connectivity index (χ4n) is 11.6. The third-order valence-electron chi connectivity index (χ3n) is 17.9. The zero-order valence-electron chi connectivity index (χ0n) is 71.1. The molecule has 2 aromatic carbocycles. The minimum atomic E-state index is -4.76. The summed E-state index contributed by atoms with van der Waals surface area (Å²) in [5, 5.41) is 24.0. The van der Waals surface area contributed by atoms with Gasteiger partial charge in [-0.05, 0) is 103 Å². The number of quaternary nitrogens is 1. The highest BCUT2D eigenvalue weighted by Gasteiger charge is 2.45. The lowest BCUT2D eigenvalue weighted by atomic mass is 9.78. The van der Waals surface area contributed by atoms with Gasteiger partial charge in [0.05, 0.1) is 286 Å². The van der Waals surface area contributed by atoms with E-state index < -0.39 is 26.9 Å². The van der Waals surface area contributed by atoms with Crippen LogP contribution in [0.4, 0.5) is 11.4 Å². The molecule has 2 heterocycles. The summed E-state index contributed by atoms with van der Waals surface area (Å²) in [5.41, 5.74) is 3.68. The molecule has 0 radical (unpaired) electrons. The number of rotatable bonds is 80. The highest BCUT2D eigenvalue weighted by atomic mass is 32.2. The molecule has 1 unspecified atom stereocenters. The fourth-order valence-corrected chi connectivity index (χ4v) is 12.5. The summed E-state index contributed by atoms with van der Waals surface area (Å²) in [5.74, 6) is -0.844. The van der Waals surface area contributed by atoms with E-state index in [-0.39, 0.29) is 31.1 Å². The first kappa shape index (κ1) is 109. The third kappa shape index (κ3) is 51.9. The van der Waals surface area contributed by atoms with Gasteiger partial charge in [0, 0.05) is 73.2 Å². The number of benzene rings is 2. The number of ether oxygens (including phenoxy) is 20. The number of aliphatic carboxylic acids is 1. The maximum absolute atomic E-state index is 12.3. The van der Waals surface area contributed by atoms with Crippen LogP contribution in [0.25, 0.3) is 0 Å².